The smallest absolute Gasteiger partial charge is 0.335 e. The number of amides is 2. The van der Waals surface area contributed by atoms with Gasteiger partial charge in [0.15, 0.2) is 0 Å². The molecule has 1 aliphatic heterocycles. The van der Waals surface area contributed by atoms with Crippen molar-refractivity contribution in [3.8, 4) is 0 Å². The SMILES string of the molecule is CC1CN(C(=O)NCCc2cccc(C(=O)O)c2)CC1C. The highest BCUT2D eigenvalue weighted by Gasteiger charge is 2.28. The molecule has 1 aliphatic rings. The van der Waals surface area contributed by atoms with Crippen LogP contribution in [0.5, 0.6) is 0 Å². The Balaban J connectivity index is 1.80. The van der Waals surface area contributed by atoms with E-state index in [9.17, 15) is 9.59 Å². The molecule has 2 amide bonds. The van der Waals surface area contributed by atoms with Crippen molar-refractivity contribution in [2.75, 3.05) is 19.6 Å². The highest BCUT2D eigenvalue weighted by atomic mass is 16.4. The van der Waals surface area contributed by atoms with E-state index in [0.29, 0.717) is 24.8 Å². The fourth-order valence-electron chi connectivity index (χ4n) is 2.58. The monoisotopic (exact) mass is 290 g/mol. The molecule has 1 aromatic carbocycles. The van der Waals surface area contributed by atoms with Crippen molar-refractivity contribution < 1.29 is 14.7 Å². The van der Waals surface area contributed by atoms with Gasteiger partial charge in [0, 0.05) is 19.6 Å². The Morgan fingerprint density at radius 1 is 1.29 bits per heavy atom. The Morgan fingerprint density at radius 3 is 2.57 bits per heavy atom. The van der Waals surface area contributed by atoms with E-state index in [4.69, 9.17) is 5.11 Å². The second kappa shape index (κ2) is 6.61. The first kappa shape index (κ1) is 15.4. The molecule has 2 atom stereocenters. The lowest BCUT2D eigenvalue weighted by atomic mass is 10.0. The van der Waals surface area contributed by atoms with Gasteiger partial charge in [-0.2, -0.15) is 0 Å². The molecule has 114 valence electrons. The van der Waals surface area contributed by atoms with Gasteiger partial charge in [-0.25, -0.2) is 9.59 Å². The van der Waals surface area contributed by atoms with Gasteiger partial charge in [0.2, 0.25) is 0 Å². The summed E-state index contributed by atoms with van der Waals surface area (Å²) < 4.78 is 0. The number of carboxylic acids is 1. The summed E-state index contributed by atoms with van der Waals surface area (Å²) in [5.41, 5.74) is 1.19. The second-order valence-electron chi connectivity index (χ2n) is 5.85. The van der Waals surface area contributed by atoms with Crippen LogP contribution in [0.4, 0.5) is 4.79 Å². The molecule has 1 aromatic rings. The van der Waals surface area contributed by atoms with Gasteiger partial charge in [-0.15, -0.1) is 0 Å². The second-order valence-corrected chi connectivity index (χ2v) is 5.85. The molecule has 0 radical (unpaired) electrons. The first-order valence-electron chi connectivity index (χ1n) is 7.32. The van der Waals surface area contributed by atoms with Crippen molar-refractivity contribution in [2.24, 2.45) is 11.8 Å². The Morgan fingerprint density at radius 2 is 1.95 bits per heavy atom. The third-order valence-corrected chi connectivity index (χ3v) is 4.14. The molecule has 5 heteroatoms. The van der Waals surface area contributed by atoms with Gasteiger partial charge < -0.3 is 15.3 Å². The van der Waals surface area contributed by atoms with Gasteiger partial charge in [-0.05, 0) is 36.0 Å². The largest absolute Gasteiger partial charge is 0.478 e. The van der Waals surface area contributed by atoms with Crippen molar-refractivity contribution in [3.05, 3.63) is 35.4 Å². The predicted molar refractivity (Wildman–Crippen MR) is 80.4 cm³/mol. The number of nitrogens with one attached hydrogen (secondary N) is 1. The molecule has 2 N–H and O–H groups in total. The molecule has 0 aromatic heterocycles. The van der Waals surface area contributed by atoms with Gasteiger partial charge in [0.05, 0.1) is 5.56 Å². The number of carboxylic acid groups (broad SMARTS) is 1. The summed E-state index contributed by atoms with van der Waals surface area (Å²) in [6.07, 6.45) is 0.631. The first-order chi connectivity index (χ1) is 9.97. The van der Waals surface area contributed by atoms with Crippen molar-refractivity contribution in [2.45, 2.75) is 20.3 Å². The van der Waals surface area contributed by atoms with Gasteiger partial charge >= 0.3 is 12.0 Å². The van der Waals surface area contributed by atoms with Crippen LogP contribution < -0.4 is 5.32 Å². The standard InChI is InChI=1S/C16H22N2O3/c1-11-9-18(10-12(11)2)16(21)17-7-6-13-4-3-5-14(8-13)15(19)20/h3-5,8,11-12H,6-7,9-10H2,1-2H3,(H,17,21)(H,19,20). The summed E-state index contributed by atoms with van der Waals surface area (Å²) in [5.74, 6) is 0.159. The number of likely N-dealkylation sites (tertiary alicyclic amines) is 1. The van der Waals surface area contributed by atoms with E-state index in [-0.39, 0.29) is 11.6 Å². The topological polar surface area (TPSA) is 69.6 Å². The van der Waals surface area contributed by atoms with E-state index < -0.39 is 5.97 Å². The molecule has 0 spiro atoms. The average Bonchev–Trinajstić information content (AvgIpc) is 2.79. The van der Waals surface area contributed by atoms with E-state index in [2.05, 4.69) is 19.2 Å². The van der Waals surface area contributed by atoms with Crippen LogP contribution in [-0.2, 0) is 6.42 Å². The molecule has 1 fully saturated rings. The predicted octanol–water partition coefficient (Wildman–Crippen LogP) is 2.22. The van der Waals surface area contributed by atoms with E-state index in [0.717, 1.165) is 18.7 Å². The van der Waals surface area contributed by atoms with Crippen LogP contribution in [0, 0.1) is 11.8 Å². The lowest BCUT2D eigenvalue weighted by Gasteiger charge is -2.17. The molecule has 0 saturated carbocycles. The number of rotatable bonds is 4. The summed E-state index contributed by atoms with van der Waals surface area (Å²) in [6, 6.07) is 6.79. The van der Waals surface area contributed by atoms with Gasteiger partial charge in [-0.3, -0.25) is 0 Å². The number of urea groups is 1. The number of carbonyl (C=O) groups excluding carboxylic acids is 1. The minimum absolute atomic E-state index is 0.0272. The van der Waals surface area contributed by atoms with Gasteiger partial charge in [-0.1, -0.05) is 26.0 Å². The van der Waals surface area contributed by atoms with Gasteiger partial charge in [0.25, 0.3) is 0 Å². The zero-order valence-electron chi connectivity index (χ0n) is 12.5. The Kier molecular flexibility index (Phi) is 4.83. The van der Waals surface area contributed by atoms with Crippen LogP contribution in [0.25, 0.3) is 0 Å². The summed E-state index contributed by atoms with van der Waals surface area (Å²) >= 11 is 0. The minimum Gasteiger partial charge on any atom is -0.478 e. The average molecular weight is 290 g/mol. The Bertz CT molecular complexity index is 520. The summed E-state index contributed by atoms with van der Waals surface area (Å²) in [5, 5.41) is 11.8. The van der Waals surface area contributed by atoms with Crippen LogP contribution >= 0.6 is 0 Å². The molecule has 1 heterocycles. The van der Waals surface area contributed by atoms with Crippen molar-refractivity contribution in [3.63, 3.8) is 0 Å². The molecule has 5 nitrogen and oxygen atoms in total. The maximum Gasteiger partial charge on any atom is 0.335 e. The van der Waals surface area contributed by atoms with Crippen LogP contribution in [0.3, 0.4) is 0 Å². The number of benzene rings is 1. The zero-order chi connectivity index (χ0) is 15.4. The van der Waals surface area contributed by atoms with Gasteiger partial charge in [0.1, 0.15) is 0 Å². The van der Waals surface area contributed by atoms with Crippen LogP contribution in [0.2, 0.25) is 0 Å². The van der Waals surface area contributed by atoms with E-state index in [1.165, 1.54) is 0 Å². The maximum atomic E-state index is 12.0. The quantitative estimate of drug-likeness (QED) is 0.893. The number of carbonyl (C=O) groups is 2. The van der Waals surface area contributed by atoms with E-state index in [1.54, 1.807) is 18.2 Å². The van der Waals surface area contributed by atoms with Crippen molar-refractivity contribution >= 4 is 12.0 Å². The minimum atomic E-state index is -0.930. The zero-order valence-corrected chi connectivity index (χ0v) is 12.5. The third kappa shape index (κ3) is 3.97. The van der Waals surface area contributed by atoms with Crippen molar-refractivity contribution in [1.82, 2.24) is 10.2 Å². The summed E-state index contributed by atoms with van der Waals surface area (Å²) in [4.78, 5) is 24.8. The molecule has 2 rings (SSSR count). The Hall–Kier alpha value is -2.04. The number of hydrogen-bond donors (Lipinski definition) is 2. The molecule has 1 saturated heterocycles. The van der Waals surface area contributed by atoms with Crippen LogP contribution in [0.15, 0.2) is 24.3 Å². The number of hydrogen-bond acceptors (Lipinski definition) is 2. The van der Waals surface area contributed by atoms with E-state index in [1.807, 2.05) is 11.0 Å². The summed E-state index contributed by atoms with van der Waals surface area (Å²) in [7, 11) is 0. The highest BCUT2D eigenvalue weighted by Crippen LogP contribution is 2.21. The van der Waals surface area contributed by atoms with Crippen molar-refractivity contribution in [1.29, 1.82) is 0 Å². The number of aromatic carboxylic acids is 1. The molecule has 21 heavy (non-hydrogen) atoms. The molecule has 0 aliphatic carbocycles. The van der Waals surface area contributed by atoms with E-state index >= 15 is 0 Å². The summed E-state index contributed by atoms with van der Waals surface area (Å²) in [6.45, 7) is 6.45. The fourth-order valence-corrected chi connectivity index (χ4v) is 2.58. The molecular formula is C16H22N2O3. The molecule has 2 unspecified atom stereocenters. The fraction of sp³-hybridized carbons (Fsp3) is 0.500. The van der Waals surface area contributed by atoms with Crippen LogP contribution in [0.1, 0.15) is 29.8 Å². The highest BCUT2D eigenvalue weighted by molar-refractivity contribution is 5.87. The lowest BCUT2D eigenvalue weighted by Crippen LogP contribution is -2.39. The Labute approximate surface area is 125 Å². The maximum absolute atomic E-state index is 12.0. The molecular weight excluding hydrogens is 268 g/mol. The molecule has 0 bridgehead atoms. The van der Waals surface area contributed by atoms with Crippen LogP contribution in [-0.4, -0.2) is 41.6 Å². The normalized spacial score (nSPS) is 21.3. The lowest BCUT2D eigenvalue weighted by molar-refractivity contribution is 0.0696. The first-order valence-corrected chi connectivity index (χ1v) is 7.32. The third-order valence-electron chi connectivity index (χ3n) is 4.14. The number of nitrogens with zero attached hydrogens (tertiary/aromatic N) is 1.